The largest absolute Gasteiger partial charge is 0.462 e. The molecule has 0 aliphatic carbocycles. The van der Waals surface area contributed by atoms with Crippen LogP contribution in [-0.4, -0.2) is 37.9 Å². The normalized spacial score (nSPS) is 12.8. The maximum absolute atomic E-state index is 12.6. The van der Waals surface area contributed by atoms with Gasteiger partial charge >= 0.3 is 11.9 Å². The summed E-state index contributed by atoms with van der Waals surface area (Å²) in [6, 6.07) is 0. The van der Waals surface area contributed by atoms with Gasteiger partial charge in [-0.25, -0.2) is 0 Å². The number of rotatable bonds is 44. The third-order valence-electron chi connectivity index (χ3n) is 10.2. The molecule has 0 fully saturated rings. The van der Waals surface area contributed by atoms with Crippen LogP contribution in [0.4, 0.5) is 0 Å². The van der Waals surface area contributed by atoms with Gasteiger partial charge in [0.25, 0.3) is 0 Å². The van der Waals surface area contributed by atoms with Crippen LogP contribution in [0.1, 0.15) is 226 Å². The number of hydrogen-bond acceptors (Lipinski definition) is 5. The monoisotopic (exact) mass is 809 g/mol. The molecule has 0 bridgehead atoms. The third kappa shape index (κ3) is 46.0. The lowest BCUT2D eigenvalue weighted by Gasteiger charge is -2.18. The number of unbranched alkanes of at least 4 members (excludes halogenated alkanes) is 21. The van der Waals surface area contributed by atoms with Gasteiger partial charge in [-0.15, -0.1) is 0 Å². The van der Waals surface area contributed by atoms with Gasteiger partial charge in [0.2, 0.25) is 0 Å². The Morgan fingerprint density at radius 3 is 1.28 bits per heavy atom. The highest BCUT2D eigenvalue weighted by molar-refractivity contribution is 5.70. The molecule has 0 aromatic heterocycles. The van der Waals surface area contributed by atoms with E-state index < -0.39 is 6.10 Å². The molecule has 0 spiro atoms. The number of ether oxygens (including phenoxy) is 3. The lowest BCUT2D eigenvalue weighted by molar-refractivity contribution is -0.163. The minimum Gasteiger partial charge on any atom is -0.462 e. The molecule has 0 rings (SSSR count). The van der Waals surface area contributed by atoms with Crippen LogP contribution in [0, 0.1) is 0 Å². The average molecular weight is 809 g/mol. The SMILES string of the molecule is CC/C=C\C/C=C\C/C=C\C/C=C\CCCCCCCCCOCC(COC(=O)CCCCCCCCC/C=C\C/C=C\CCCCC)OC(=O)CCCCCCC. The minimum absolute atomic E-state index is 0.0744. The number of hydrogen-bond donors (Lipinski definition) is 0. The minimum atomic E-state index is -0.542. The fourth-order valence-corrected chi connectivity index (χ4v) is 6.59. The fraction of sp³-hybridized carbons (Fsp3) is 0.736. The molecular weight excluding hydrogens is 717 g/mol. The van der Waals surface area contributed by atoms with E-state index in [9.17, 15) is 9.59 Å². The Morgan fingerprint density at radius 2 is 0.776 bits per heavy atom. The van der Waals surface area contributed by atoms with Crippen LogP contribution in [0.5, 0.6) is 0 Å². The van der Waals surface area contributed by atoms with E-state index in [1.54, 1.807) is 0 Å². The summed E-state index contributed by atoms with van der Waals surface area (Å²) in [7, 11) is 0. The Labute approximate surface area is 359 Å². The number of carbonyl (C=O) groups is 2. The van der Waals surface area contributed by atoms with Gasteiger partial charge in [-0.1, -0.05) is 196 Å². The van der Waals surface area contributed by atoms with Crippen LogP contribution >= 0.6 is 0 Å². The Hall–Kier alpha value is -2.66. The second-order valence-corrected chi connectivity index (χ2v) is 16.0. The van der Waals surface area contributed by atoms with Gasteiger partial charge in [0.1, 0.15) is 6.61 Å². The van der Waals surface area contributed by atoms with E-state index in [1.165, 1.54) is 109 Å². The summed E-state index contributed by atoms with van der Waals surface area (Å²) in [6.45, 7) is 7.59. The Bertz CT molecular complexity index is 1050. The highest BCUT2D eigenvalue weighted by Gasteiger charge is 2.17. The van der Waals surface area contributed by atoms with E-state index in [2.05, 4.69) is 93.7 Å². The van der Waals surface area contributed by atoms with Crippen LogP contribution in [0.3, 0.4) is 0 Å². The fourth-order valence-electron chi connectivity index (χ4n) is 6.59. The van der Waals surface area contributed by atoms with Crippen molar-refractivity contribution in [3.63, 3.8) is 0 Å². The predicted octanol–water partition coefficient (Wildman–Crippen LogP) is 16.3. The van der Waals surface area contributed by atoms with Crippen LogP contribution in [0.25, 0.3) is 0 Å². The number of allylic oxidation sites excluding steroid dienone is 12. The van der Waals surface area contributed by atoms with Gasteiger partial charge in [-0.3, -0.25) is 9.59 Å². The van der Waals surface area contributed by atoms with Crippen molar-refractivity contribution in [3.05, 3.63) is 72.9 Å². The molecule has 1 atom stereocenters. The second kappa shape index (κ2) is 48.7. The summed E-state index contributed by atoms with van der Waals surface area (Å²) in [6.07, 6.45) is 62.2. The van der Waals surface area contributed by atoms with Crippen molar-refractivity contribution in [1.29, 1.82) is 0 Å². The van der Waals surface area contributed by atoms with Crippen LogP contribution in [-0.2, 0) is 23.8 Å². The zero-order valence-electron chi connectivity index (χ0n) is 38.3. The smallest absolute Gasteiger partial charge is 0.306 e. The van der Waals surface area contributed by atoms with Gasteiger partial charge < -0.3 is 14.2 Å². The summed E-state index contributed by atoms with van der Waals surface area (Å²) in [5, 5.41) is 0. The molecule has 5 nitrogen and oxygen atoms in total. The van der Waals surface area contributed by atoms with Crippen LogP contribution in [0.2, 0.25) is 0 Å². The second-order valence-electron chi connectivity index (χ2n) is 16.0. The molecule has 0 amide bonds. The highest BCUT2D eigenvalue weighted by atomic mass is 16.6. The Balaban J connectivity index is 4.06. The first-order valence-electron chi connectivity index (χ1n) is 24.5. The number of esters is 2. The van der Waals surface area contributed by atoms with Crippen molar-refractivity contribution >= 4 is 11.9 Å². The predicted molar refractivity (Wildman–Crippen MR) is 251 cm³/mol. The van der Waals surface area contributed by atoms with E-state index in [1.807, 2.05) is 0 Å². The molecule has 0 saturated heterocycles. The van der Waals surface area contributed by atoms with Crippen LogP contribution < -0.4 is 0 Å². The van der Waals surface area contributed by atoms with Crippen molar-refractivity contribution in [2.45, 2.75) is 232 Å². The summed E-state index contributed by atoms with van der Waals surface area (Å²) < 4.78 is 17.2. The molecule has 0 N–H and O–H groups in total. The number of carbonyl (C=O) groups excluding carboxylic acids is 2. The Kier molecular flexibility index (Phi) is 46.5. The zero-order valence-corrected chi connectivity index (χ0v) is 38.3. The quantitative estimate of drug-likeness (QED) is 0.0348. The van der Waals surface area contributed by atoms with E-state index in [-0.39, 0.29) is 25.2 Å². The first-order valence-corrected chi connectivity index (χ1v) is 24.5. The molecule has 0 saturated carbocycles. The van der Waals surface area contributed by atoms with Gasteiger partial charge in [0, 0.05) is 19.4 Å². The Morgan fingerprint density at radius 1 is 0.397 bits per heavy atom. The molecule has 5 heteroatoms. The van der Waals surface area contributed by atoms with Gasteiger partial charge in [-0.05, 0) is 89.9 Å². The summed E-state index contributed by atoms with van der Waals surface area (Å²) in [5.41, 5.74) is 0. The van der Waals surface area contributed by atoms with E-state index >= 15 is 0 Å². The van der Waals surface area contributed by atoms with Gasteiger partial charge in [0.15, 0.2) is 6.10 Å². The molecule has 0 aromatic rings. The first-order chi connectivity index (χ1) is 28.6. The van der Waals surface area contributed by atoms with Crippen molar-refractivity contribution in [3.8, 4) is 0 Å². The van der Waals surface area contributed by atoms with Crippen molar-refractivity contribution in [1.82, 2.24) is 0 Å². The maximum atomic E-state index is 12.6. The van der Waals surface area contributed by atoms with E-state index in [0.717, 1.165) is 83.5 Å². The first kappa shape index (κ1) is 55.3. The average Bonchev–Trinajstić information content (AvgIpc) is 3.22. The summed E-state index contributed by atoms with van der Waals surface area (Å²) >= 11 is 0. The summed E-state index contributed by atoms with van der Waals surface area (Å²) in [5.74, 6) is -0.425. The zero-order chi connectivity index (χ0) is 42.1. The van der Waals surface area contributed by atoms with Crippen molar-refractivity contribution < 1.29 is 23.8 Å². The molecule has 0 heterocycles. The molecular formula is C53H92O5. The molecule has 0 radical (unpaired) electrons. The van der Waals surface area contributed by atoms with Gasteiger partial charge in [0.05, 0.1) is 6.61 Å². The third-order valence-corrected chi connectivity index (χ3v) is 10.2. The topological polar surface area (TPSA) is 61.8 Å². The standard InChI is InChI=1S/C53H92O5/c1-4-7-10-13-15-17-19-21-23-25-26-27-29-31-33-35-37-39-42-45-48-56-49-51(58-53(55)47-44-40-12-9-6-3)50-57-52(54)46-43-41-38-36-34-32-30-28-24-22-20-18-16-14-11-8-5-2/h7,10,15-18,21-24,26-27,51H,4-6,8-9,11-14,19-20,25,28-50H2,1-3H3/b10-7-,17-15-,18-16-,23-21-,24-22-,27-26-. The van der Waals surface area contributed by atoms with E-state index in [4.69, 9.17) is 14.2 Å². The van der Waals surface area contributed by atoms with Crippen molar-refractivity contribution in [2.24, 2.45) is 0 Å². The highest BCUT2D eigenvalue weighted by Crippen LogP contribution is 2.13. The van der Waals surface area contributed by atoms with Crippen LogP contribution in [0.15, 0.2) is 72.9 Å². The molecule has 0 aliphatic heterocycles. The molecule has 0 aromatic carbocycles. The van der Waals surface area contributed by atoms with E-state index in [0.29, 0.717) is 19.4 Å². The van der Waals surface area contributed by atoms with Crippen molar-refractivity contribution in [2.75, 3.05) is 19.8 Å². The maximum Gasteiger partial charge on any atom is 0.306 e. The molecule has 58 heavy (non-hydrogen) atoms. The van der Waals surface area contributed by atoms with Gasteiger partial charge in [-0.2, -0.15) is 0 Å². The molecule has 334 valence electrons. The summed E-state index contributed by atoms with van der Waals surface area (Å²) in [4.78, 5) is 25.1. The lowest BCUT2D eigenvalue weighted by Crippen LogP contribution is -2.30. The lowest BCUT2D eigenvalue weighted by atomic mass is 10.1. The molecule has 0 aliphatic rings. The molecule has 1 unspecified atom stereocenters.